The van der Waals surface area contributed by atoms with Crippen LogP contribution in [0.3, 0.4) is 0 Å². The third-order valence-electron chi connectivity index (χ3n) is 6.72. The molecule has 1 amide bonds. The summed E-state index contributed by atoms with van der Waals surface area (Å²) in [5.41, 5.74) is 3.22. The Bertz CT molecular complexity index is 1600. The molecule has 1 aliphatic heterocycles. The molecular formula is C29H30FN3O5S. The molecule has 2 heterocycles. The monoisotopic (exact) mass is 551 g/mol. The quantitative estimate of drug-likeness (QED) is 0.325. The first-order valence-corrected chi connectivity index (χ1v) is 14.1. The molecule has 39 heavy (non-hydrogen) atoms. The molecule has 3 aromatic carbocycles. The predicted molar refractivity (Wildman–Crippen MR) is 146 cm³/mol. The summed E-state index contributed by atoms with van der Waals surface area (Å²) in [7, 11) is -0.109. The number of furan rings is 1. The van der Waals surface area contributed by atoms with Crippen LogP contribution in [-0.4, -0.2) is 45.3 Å². The van der Waals surface area contributed by atoms with Crippen molar-refractivity contribution in [3.8, 4) is 5.75 Å². The van der Waals surface area contributed by atoms with Crippen LogP contribution in [0.5, 0.6) is 5.75 Å². The zero-order valence-electron chi connectivity index (χ0n) is 21.8. The van der Waals surface area contributed by atoms with Gasteiger partial charge in [0.05, 0.1) is 0 Å². The number of rotatable bonds is 9. The summed E-state index contributed by atoms with van der Waals surface area (Å²) in [6.07, 6.45) is 0.944. The number of carbonyl (C=O) groups excluding carboxylic acids is 1. The Morgan fingerprint density at radius 3 is 2.69 bits per heavy atom. The minimum absolute atomic E-state index is 0.199. The molecule has 0 bridgehead atoms. The molecule has 0 unspecified atom stereocenters. The summed E-state index contributed by atoms with van der Waals surface area (Å²) in [6, 6.07) is 19.8. The fraction of sp³-hybridized carbons (Fsp3) is 0.276. The molecule has 1 fully saturated rings. The number of hydrogen-bond acceptors (Lipinski definition) is 6. The third kappa shape index (κ3) is 5.91. The van der Waals surface area contributed by atoms with E-state index < -0.39 is 21.9 Å². The summed E-state index contributed by atoms with van der Waals surface area (Å²) in [6.45, 7) is 0.825. The molecule has 1 saturated heterocycles. The van der Waals surface area contributed by atoms with E-state index in [0.29, 0.717) is 30.6 Å². The molecule has 4 aromatic rings. The Morgan fingerprint density at radius 2 is 1.87 bits per heavy atom. The Balaban J connectivity index is 1.22. The molecule has 204 valence electrons. The average molecular weight is 552 g/mol. The van der Waals surface area contributed by atoms with E-state index in [2.05, 4.69) is 11.4 Å². The second-order valence-corrected chi connectivity index (χ2v) is 11.6. The minimum atomic E-state index is -4.08. The van der Waals surface area contributed by atoms with Crippen molar-refractivity contribution in [1.82, 2.24) is 9.62 Å². The number of halogens is 1. The number of anilines is 1. The highest BCUT2D eigenvalue weighted by molar-refractivity contribution is 7.89. The average Bonchev–Trinajstić information content (AvgIpc) is 3.59. The number of amides is 1. The van der Waals surface area contributed by atoms with E-state index >= 15 is 0 Å². The van der Waals surface area contributed by atoms with E-state index in [4.69, 9.17) is 9.15 Å². The Hall–Kier alpha value is -3.89. The van der Waals surface area contributed by atoms with Crippen LogP contribution >= 0.6 is 0 Å². The van der Waals surface area contributed by atoms with Crippen molar-refractivity contribution in [2.45, 2.75) is 37.1 Å². The molecule has 0 radical (unpaired) electrons. The maximum atomic E-state index is 13.6. The number of nitrogens with one attached hydrogen (secondary N) is 1. The van der Waals surface area contributed by atoms with Crippen molar-refractivity contribution in [3.63, 3.8) is 0 Å². The Kier molecular flexibility index (Phi) is 7.58. The van der Waals surface area contributed by atoms with E-state index in [9.17, 15) is 17.6 Å². The molecule has 5 rings (SSSR count). The van der Waals surface area contributed by atoms with Gasteiger partial charge in [0.2, 0.25) is 11.0 Å². The lowest BCUT2D eigenvalue weighted by Crippen LogP contribution is -2.45. The summed E-state index contributed by atoms with van der Waals surface area (Å²) in [4.78, 5) is 15.1. The molecule has 8 nitrogen and oxygen atoms in total. The smallest absolute Gasteiger partial charge is 0.277 e. The standard InChI is InChI=1S/C29H30FN3O5S/c1-32(2)24-8-3-7-21(14-24)19-37-25-9-4-6-20(15-25)18-31-29(34)26-10-5-13-33(26)39(35,36)28-17-22-16-23(30)11-12-27(22)38-28/h3-4,6-9,11-12,14-17,26H,5,10,13,18-19H2,1-2H3,(H,31,34)/t26-/m0/s1. The van der Waals surface area contributed by atoms with E-state index in [-0.39, 0.29) is 29.7 Å². The number of carbonyl (C=O) groups is 1. The van der Waals surface area contributed by atoms with Gasteiger partial charge in [-0.15, -0.1) is 0 Å². The van der Waals surface area contributed by atoms with Gasteiger partial charge < -0.3 is 19.4 Å². The molecule has 1 atom stereocenters. The lowest BCUT2D eigenvalue weighted by Gasteiger charge is -2.22. The molecule has 1 N–H and O–H groups in total. The third-order valence-corrected chi connectivity index (χ3v) is 8.49. The van der Waals surface area contributed by atoms with Gasteiger partial charge in [-0.25, -0.2) is 12.8 Å². The predicted octanol–water partition coefficient (Wildman–Crippen LogP) is 4.69. The van der Waals surface area contributed by atoms with Crippen molar-refractivity contribution in [3.05, 3.63) is 89.7 Å². The van der Waals surface area contributed by atoms with Crippen LogP contribution in [-0.2, 0) is 28.0 Å². The molecule has 10 heteroatoms. The van der Waals surface area contributed by atoms with Crippen molar-refractivity contribution < 1.29 is 26.8 Å². The van der Waals surface area contributed by atoms with Crippen LogP contribution in [0.1, 0.15) is 24.0 Å². The number of ether oxygens (including phenoxy) is 1. The van der Waals surface area contributed by atoms with Gasteiger partial charge in [0.1, 0.15) is 29.8 Å². The number of sulfonamides is 1. The van der Waals surface area contributed by atoms with Crippen molar-refractivity contribution in [2.24, 2.45) is 0 Å². The van der Waals surface area contributed by atoms with Crippen molar-refractivity contribution in [2.75, 3.05) is 25.5 Å². The number of fused-ring (bicyclic) bond motifs is 1. The zero-order chi connectivity index (χ0) is 27.6. The van der Waals surface area contributed by atoms with Gasteiger partial charge in [-0.1, -0.05) is 24.3 Å². The van der Waals surface area contributed by atoms with Gasteiger partial charge in [0, 0.05) is 44.3 Å². The molecule has 0 aliphatic carbocycles. The van der Waals surface area contributed by atoms with E-state index in [0.717, 1.165) is 21.1 Å². The molecular weight excluding hydrogens is 521 g/mol. The van der Waals surface area contributed by atoms with E-state index in [1.807, 2.05) is 61.5 Å². The summed E-state index contributed by atoms with van der Waals surface area (Å²) < 4.78 is 52.8. The molecule has 1 aromatic heterocycles. The van der Waals surface area contributed by atoms with Crippen LogP contribution < -0.4 is 15.0 Å². The lowest BCUT2D eigenvalue weighted by molar-refractivity contribution is -0.124. The van der Waals surface area contributed by atoms with Crippen LogP contribution in [0, 0.1) is 5.82 Å². The summed E-state index contributed by atoms with van der Waals surface area (Å²) >= 11 is 0. The van der Waals surface area contributed by atoms with Gasteiger partial charge in [-0.2, -0.15) is 4.31 Å². The normalized spacial score (nSPS) is 15.9. The van der Waals surface area contributed by atoms with Crippen molar-refractivity contribution in [1.29, 1.82) is 0 Å². The summed E-state index contributed by atoms with van der Waals surface area (Å²) in [5, 5.41) is 2.91. The minimum Gasteiger partial charge on any atom is -0.489 e. The highest BCUT2D eigenvalue weighted by atomic mass is 32.2. The first-order valence-electron chi connectivity index (χ1n) is 12.7. The second kappa shape index (κ2) is 11.1. The highest BCUT2D eigenvalue weighted by Gasteiger charge is 2.41. The van der Waals surface area contributed by atoms with Gasteiger partial charge >= 0.3 is 0 Å². The highest BCUT2D eigenvalue weighted by Crippen LogP contribution is 2.30. The molecule has 1 aliphatic rings. The summed E-state index contributed by atoms with van der Waals surface area (Å²) in [5.74, 6) is -0.202. The first kappa shape index (κ1) is 26.7. The van der Waals surface area contributed by atoms with Gasteiger partial charge in [0.25, 0.3) is 10.0 Å². The topological polar surface area (TPSA) is 92.1 Å². The van der Waals surface area contributed by atoms with Crippen LogP contribution in [0.4, 0.5) is 10.1 Å². The fourth-order valence-corrected chi connectivity index (χ4v) is 6.27. The molecule has 0 saturated carbocycles. The lowest BCUT2D eigenvalue weighted by atomic mass is 10.2. The first-order chi connectivity index (χ1) is 18.7. The van der Waals surface area contributed by atoms with Gasteiger partial charge in [-0.05, 0) is 66.4 Å². The Labute approximate surface area is 227 Å². The number of nitrogens with zero attached hydrogens (tertiary/aromatic N) is 2. The van der Waals surface area contributed by atoms with Crippen LogP contribution in [0.15, 0.2) is 82.3 Å². The van der Waals surface area contributed by atoms with Crippen molar-refractivity contribution >= 4 is 32.6 Å². The fourth-order valence-electron chi connectivity index (χ4n) is 4.67. The van der Waals surface area contributed by atoms with E-state index in [1.165, 1.54) is 24.3 Å². The number of hydrogen-bond donors (Lipinski definition) is 1. The number of benzene rings is 3. The van der Waals surface area contributed by atoms with Crippen LogP contribution in [0.25, 0.3) is 11.0 Å². The second-order valence-electron chi connectivity index (χ2n) is 9.74. The van der Waals surface area contributed by atoms with Crippen LogP contribution in [0.2, 0.25) is 0 Å². The molecule has 0 spiro atoms. The van der Waals surface area contributed by atoms with Gasteiger partial charge in [-0.3, -0.25) is 4.79 Å². The van der Waals surface area contributed by atoms with Gasteiger partial charge in [0.15, 0.2) is 0 Å². The SMILES string of the molecule is CN(C)c1cccc(COc2cccc(CNC(=O)[C@@H]3CCCN3S(=O)(=O)c3cc4cc(F)ccc4o3)c2)c1. The largest absolute Gasteiger partial charge is 0.489 e. The maximum absolute atomic E-state index is 13.6. The zero-order valence-corrected chi connectivity index (χ0v) is 22.6. The Morgan fingerprint density at radius 1 is 1.08 bits per heavy atom. The maximum Gasteiger partial charge on any atom is 0.277 e. The van der Waals surface area contributed by atoms with E-state index in [1.54, 1.807) is 0 Å².